The van der Waals surface area contributed by atoms with Gasteiger partial charge in [0.15, 0.2) is 5.60 Å². The molecule has 2 aromatic carbocycles. The third kappa shape index (κ3) is 5.57. The molecule has 0 aliphatic rings. The average molecular weight is 346 g/mol. The van der Waals surface area contributed by atoms with E-state index in [9.17, 15) is 4.79 Å². The molecule has 0 bridgehead atoms. The Balaban J connectivity index is 1.79. The number of aryl methyl sites for hydroxylation is 2. The van der Waals surface area contributed by atoms with Gasteiger partial charge in [0.2, 0.25) is 0 Å². The van der Waals surface area contributed by atoms with Crippen molar-refractivity contribution in [3.63, 3.8) is 0 Å². The molecule has 0 aliphatic carbocycles. The van der Waals surface area contributed by atoms with Crippen molar-refractivity contribution in [2.24, 2.45) is 0 Å². The third-order valence-corrected chi connectivity index (χ3v) is 4.00. The van der Waals surface area contributed by atoms with Crippen LogP contribution in [0, 0.1) is 6.92 Å². The SMILES string of the molecule is Cc1cccc(CCCNC(=O)C(C)(C)Oc2ccc(Cl)cc2)c1. The van der Waals surface area contributed by atoms with Crippen LogP contribution in [0.5, 0.6) is 5.75 Å². The van der Waals surface area contributed by atoms with Crippen LogP contribution in [0.25, 0.3) is 0 Å². The standard InChI is InChI=1S/C20H24ClNO2/c1-15-6-4-7-16(14-15)8-5-13-22-19(23)20(2,3)24-18-11-9-17(21)10-12-18/h4,6-7,9-12,14H,5,8,13H2,1-3H3,(H,22,23). The molecule has 2 aromatic rings. The number of halogens is 1. The van der Waals surface area contributed by atoms with Crippen molar-refractivity contribution < 1.29 is 9.53 Å². The Morgan fingerprint density at radius 2 is 1.88 bits per heavy atom. The van der Waals surface area contributed by atoms with E-state index >= 15 is 0 Å². The predicted octanol–water partition coefficient (Wildman–Crippen LogP) is 4.55. The van der Waals surface area contributed by atoms with Gasteiger partial charge in [-0.15, -0.1) is 0 Å². The topological polar surface area (TPSA) is 38.3 Å². The van der Waals surface area contributed by atoms with Gasteiger partial charge in [-0.2, -0.15) is 0 Å². The first-order chi connectivity index (χ1) is 11.4. The molecule has 1 N–H and O–H groups in total. The van der Waals surface area contributed by atoms with Crippen LogP contribution in [0.2, 0.25) is 5.02 Å². The van der Waals surface area contributed by atoms with Crippen LogP contribution >= 0.6 is 11.6 Å². The molecule has 128 valence electrons. The van der Waals surface area contributed by atoms with Crippen molar-refractivity contribution in [3.8, 4) is 5.75 Å². The minimum absolute atomic E-state index is 0.123. The minimum atomic E-state index is -0.933. The van der Waals surface area contributed by atoms with E-state index in [0.29, 0.717) is 17.3 Å². The summed E-state index contributed by atoms with van der Waals surface area (Å²) in [7, 11) is 0. The first-order valence-electron chi connectivity index (χ1n) is 8.15. The van der Waals surface area contributed by atoms with Gasteiger partial charge in [-0.05, 0) is 63.4 Å². The molecule has 0 radical (unpaired) electrons. The first-order valence-corrected chi connectivity index (χ1v) is 8.53. The van der Waals surface area contributed by atoms with Crippen LogP contribution in [-0.4, -0.2) is 18.1 Å². The molecule has 0 aromatic heterocycles. The molecular weight excluding hydrogens is 322 g/mol. The highest BCUT2D eigenvalue weighted by Crippen LogP contribution is 2.21. The number of nitrogens with one attached hydrogen (secondary N) is 1. The van der Waals surface area contributed by atoms with Crippen LogP contribution in [-0.2, 0) is 11.2 Å². The van der Waals surface area contributed by atoms with Gasteiger partial charge in [0, 0.05) is 11.6 Å². The monoisotopic (exact) mass is 345 g/mol. The van der Waals surface area contributed by atoms with Crippen molar-refractivity contribution in [2.45, 2.75) is 39.2 Å². The first kappa shape index (κ1) is 18.3. The summed E-state index contributed by atoms with van der Waals surface area (Å²) in [6, 6.07) is 15.4. The van der Waals surface area contributed by atoms with Crippen LogP contribution in [0.15, 0.2) is 48.5 Å². The summed E-state index contributed by atoms with van der Waals surface area (Å²) < 4.78 is 5.78. The van der Waals surface area contributed by atoms with Crippen molar-refractivity contribution in [1.29, 1.82) is 0 Å². The highest BCUT2D eigenvalue weighted by atomic mass is 35.5. The van der Waals surface area contributed by atoms with Gasteiger partial charge in [-0.3, -0.25) is 4.79 Å². The van der Waals surface area contributed by atoms with E-state index < -0.39 is 5.60 Å². The van der Waals surface area contributed by atoms with E-state index in [0.717, 1.165) is 12.8 Å². The van der Waals surface area contributed by atoms with E-state index in [-0.39, 0.29) is 5.91 Å². The van der Waals surface area contributed by atoms with Gasteiger partial charge >= 0.3 is 0 Å². The number of carbonyl (C=O) groups is 1. The summed E-state index contributed by atoms with van der Waals surface area (Å²) in [4.78, 5) is 12.3. The number of amides is 1. The zero-order valence-electron chi connectivity index (χ0n) is 14.4. The maximum atomic E-state index is 12.3. The maximum Gasteiger partial charge on any atom is 0.263 e. The summed E-state index contributed by atoms with van der Waals surface area (Å²) in [5.41, 5.74) is 1.62. The normalized spacial score (nSPS) is 11.2. The Labute approximate surface area is 149 Å². The molecule has 1 amide bonds. The summed E-state index contributed by atoms with van der Waals surface area (Å²) in [5, 5.41) is 3.59. The second-order valence-electron chi connectivity index (χ2n) is 6.41. The van der Waals surface area contributed by atoms with Gasteiger partial charge < -0.3 is 10.1 Å². The number of rotatable bonds is 7. The third-order valence-electron chi connectivity index (χ3n) is 3.74. The van der Waals surface area contributed by atoms with Crippen LogP contribution in [0.4, 0.5) is 0 Å². The summed E-state index contributed by atoms with van der Waals surface area (Å²) in [6.45, 7) is 6.23. The lowest BCUT2D eigenvalue weighted by Crippen LogP contribution is -2.46. The Hall–Kier alpha value is -2.00. The summed E-state index contributed by atoms with van der Waals surface area (Å²) in [6.07, 6.45) is 1.84. The fourth-order valence-electron chi connectivity index (χ4n) is 2.42. The Morgan fingerprint density at radius 1 is 1.17 bits per heavy atom. The Kier molecular flexibility index (Phi) is 6.27. The number of hydrogen-bond acceptors (Lipinski definition) is 2. The fourth-order valence-corrected chi connectivity index (χ4v) is 2.54. The summed E-state index contributed by atoms with van der Waals surface area (Å²) in [5.74, 6) is 0.501. The van der Waals surface area contributed by atoms with Gasteiger partial charge in [0.05, 0.1) is 0 Å². The van der Waals surface area contributed by atoms with Crippen molar-refractivity contribution >= 4 is 17.5 Å². The second kappa shape index (κ2) is 8.20. The van der Waals surface area contributed by atoms with Gasteiger partial charge in [0.25, 0.3) is 5.91 Å². The molecule has 0 heterocycles. The van der Waals surface area contributed by atoms with E-state index in [1.807, 2.05) is 0 Å². The quantitative estimate of drug-likeness (QED) is 0.747. The predicted molar refractivity (Wildman–Crippen MR) is 98.7 cm³/mol. The number of benzene rings is 2. The van der Waals surface area contributed by atoms with Gasteiger partial charge in [-0.1, -0.05) is 41.4 Å². The molecule has 24 heavy (non-hydrogen) atoms. The van der Waals surface area contributed by atoms with Gasteiger partial charge in [0.1, 0.15) is 5.75 Å². The number of carbonyl (C=O) groups excluding carboxylic acids is 1. The van der Waals surface area contributed by atoms with Gasteiger partial charge in [-0.25, -0.2) is 0 Å². The van der Waals surface area contributed by atoms with Crippen molar-refractivity contribution in [1.82, 2.24) is 5.32 Å². The molecule has 0 fully saturated rings. The van der Waals surface area contributed by atoms with Crippen LogP contribution < -0.4 is 10.1 Å². The van der Waals surface area contributed by atoms with Crippen LogP contribution in [0.1, 0.15) is 31.4 Å². The largest absolute Gasteiger partial charge is 0.478 e. The maximum absolute atomic E-state index is 12.3. The highest BCUT2D eigenvalue weighted by molar-refractivity contribution is 6.30. The Morgan fingerprint density at radius 3 is 2.54 bits per heavy atom. The molecule has 0 atom stereocenters. The molecule has 4 heteroatoms. The molecule has 3 nitrogen and oxygen atoms in total. The second-order valence-corrected chi connectivity index (χ2v) is 6.85. The lowest BCUT2D eigenvalue weighted by atomic mass is 10.1. The van der Waals surface area contributed by atoms with Crippen molar-refractivity contribution in [2.75, 3.05) is 6.54 Å². The molecule has 0 aliphatic heterocycles. The fraction of sp³-hybridized carbons (Fsp3) is 0.350. The molecular formula is C20H24ClNO2. The van der Waals surface area contributed by atoms with E-state index in [1.54, 1.807) is 38.1 Å². The molecule has 0 saturated heterocycles. The molecule has 0 spiro atoms. The highest BCUT2D eigenvalue weighted by Gasteiger charge is 2.29. The average Bonchev–Trinajstić information content (AvgIpc) is 2.53. The number of ether oxygens (including phenoxy) is 1. The smallest absolute Gasteiger partial charge is 0.263 e. The number of hydrogen-bond donors (Lipinski definition) is 1. The molecule has 2 rings (SSSR count). The van der Waals surface area contributed by atoms with E-state index in [1.165, 1.54) is 11.1 Å². The van der Waals surface area contributed by atoms with E-state index in [4.69, 9.17) is 16.3 Å². The zero-order chi connectivity index (χ0) is 17.6. The lowest BCUT2D eigenvalue weighted by Gasteiger charge is -2.25. The van der Waals surface area contributed by atoms with Crippen LogP contribution in [0.3, 0.4) is 0 Å². The molecule has 0 saturated carbocycles. The lowest BCUT2D eigenvalue weighted by molar-refractivity contribution is -0.134. The van der Waals surface area contributed by atoms with E-state index in [2.05, 4.69) is 36.5 Å². The zero-order valence-corrected chi connectivity index (χ0v) is 15.2. The Bertz CT molecular complexity index is 680. The van der Waals surface area contributed by atoms with Crippen molar-refractivity contribution in [3.05, 3.63) is 64.7 Å². The minimum Gasteiger partial charge on any atom is -0.478 e. The summed E-state index contributed by atoms with van der Waals surface area (Å²) >= 11 is 5.86. The molecule has 0 unspecified atom stereocenters.